The molecule has 68 heavy (non-hydrogen) atoms. The highest BCUT2D eigenvalue weighted by Gasteiger charge is 2.34. The van der Waals surface area contributed by atoms with E-state index < -0.39 is 0 Å². The summed E-state index contributed by atoms with van der Waals surface area (Å²) in [7, 11) is 0. The van der Waals surface area contributed by atoms with Crippen molar-refractivity contribution in [3.8, 4) is 11.5 Å². The third-order valence-corrected chi connectivity index (χ3v) is 15.6. The van der Waals surface area contributed by atoms with E-state index in [1.807, 2.05) is 19.9 Å². The Morgan fingerprint density at radius 3 is 1.75 bits per heavy atom. The average molecular weight is 935 g/mol. The highest BCUT2D eigenvalue weighted by Crippen LogP contribution is 2.37. The van der Waals surface area contributed by atoms with Crippen LogP contribution in [0.15, 0.2) is 72.8 Å². The van der Waals surface area contributed by atoms with Crippen LogP contribution in [0.1, 0.15) is 131 Å². The van der Waals surface area contributed by atoms with Crippen LogP contribution >= 0.6 is 0 Å². The van der Waals surface area contributed by atoms with Gasteiger partial charge in [-0.05, 0) is 189 Å². The van der Waals surface area contributed by atoms with Gasteiger partial charge in [-0.2, -0.15) is 0 Å². The first-order chi connectivity index (χ1) is 32.6. The highest BCUT2D eigenvalue weighted by atomic mass is 16.5. The number of rotatable bonds is 12. The molecule has 2 saturated heterocycles. The van der Waals surface area contributed by atoms with E-state index in [0.717, 1.165) is 99.7 Å². The van der Waals surface area contributed by atoms with Crippen molar-refractivity contribution in [3.05, 3.63) is 83.9 Å². The van der Waals surface area contributed by atoms with E-state index in [1.54, 1.807) is 12.1 Å². The fourth-order valence-electron chi connectivity index (χ4n) is 11.5. The Balaban J connectivity index is 0.000000189. The van der Waals surface area contributed by atoms with E-state index in [9.17, 15) is 19.8 Å². The second-order valence-corrected chi connectivity index (χ2v) is 21.7. The largest absolute Gasteiger partial charge is 0.508 e. The zero-order valence-corrected chi connectivity index (χ0v) is 43.1. The lowest BCUT2D eigenvalue weighted by molar-refractivity contribution is -0.152. The van der Waals surface area contributed by atoms with E-state index in [0.29, 0.717) is 54.7 Å². The fourth-order valence-corrected chi connectivity index (χ4v) is 11.5. The SMILES string of the molecule is CC(C)[C@@H]1CC[C@@H](C)C[C@@H]1O.CCOC(=O)C1CCN(Cc2ccc3cc(O)ccc3c2)CC1C.CCOC(=O)C1CCN(Cc2ccc3cc(O[C@@H]4C[C@H](C)CC[C@H]4C(C)C)ccc3c2)CC1. The molecule has 4 aromatic rings. The van der Waals surface area contributed by atoms with Gasteiger partial charge in [0.05, 0.1) is 31.2 Å². The molecule has 0 bridgehead atoms. The predicted molar refractivity (Wildman–Crippen MR) is 276 cm³/mol. The lowest BCUT2D eigenvalue weighted by Crippen LogP contribution is -2.42. The molecular weight excluding hydrogens is 849 g/mol. The molecule has 4 fully saturated rings. The molecule has 2 N–H and O–H groups in total. The van der Waals surface area contributed by atoms with Crippen molar-refractivity contribution in [2.24, 2.45) is 53.3 Å². The molecule has 9 nitrogen and oxygen atoms in total. The Morgan fingerprint density at radius 2 is 1.15 bits per heavy atom. The molecule has 2 unspecified atom stereocenters. The average Bonchev–Trinajstić information content (AvgIpc) is 3.30. The first-order valence-electron chi connectivity index (χ1n) is 26.5. The number of phenols is 1. The lowest BCUT2D eigenvalue weighted by atomic mass is 9.75. The maximum atomic E-state index is 12.0. The van der Waals surface area contributed by atoms with Crippen LogP contribution in [0.25, 0.3) is 21.5 Å². The number of carbonyl (C=O) groups excluding carboxylic acids is 2. The van der Waals surface area contributed by atoms with Gasteiger partial charge in [-0.15, -0.1) is 0 Å². The Morgan fingerprint density at radius 1 is 0.618 bits per heavy atom. The number of benzene rings is 4. The first kappa shape index (κ1) is 53.2. The van der Waals surface area contributed by atoms with Crippen molar-refractivity contribution in [2.75, 3.05) is 39.4 Å². The lowest BCUT2D eigenvalue weighted by Gasteiger charge is -2.37. The topological polar surface area (TPSA) is 109 Å². The Hall–Kier alpha value is -4.18. The summed E-state index contributed by atoms with van der Waals surface area (Å²) in [5.41, 5.74) is 2.58. The van der Waals surface area contributed by atoms with E-state index in [2.05, 4.69) is 113 Å². The van der Waals surface area contributed by atoms with Gasteiger partial charge in [0.15, 0.2) is 0 Å². The van der Waals surface area contributed by atoms with E-state index in [4.69, 9.17) is 14.2 Å². The maximum Gasteiger partial charge on any atom is 0.309 e. The van der Waals surface area contributed by atoms with Gasteiger partial charge in [0.2, 0.25) is 0 Å². The van der Waals surface area contributed by atoms with Gasteiger partial charge >= 0.3 is 11.9 Å². The predicted octanol–water partition coefficient (Wildman–Crippen LogP) is 12.5. The quantitative estimate of drug-likeness (QED) is 0.134. The standard InChI is InChI=1S/C29H41NO3.C20H25NO3.C10H20O/c1-5-32-29(31)23-12-14-30(15-13-23)19-22-7-8-25-18-26(10-9-24(25)17-22)33-28-16-21(4)6-11-27(28)20(2)3;1-3-24-20(23)19-8-9-21(12-14(19)2)13-15-4-5-17-11-18(22)7-6-16(17)10-15;1-7(2)9-5-4-8(3)6-10(9)11/h7-10,17-18,20-21,23,27-28H,5-6,11-16,19H2,1-4H3;4-7,10-11,14,19,22H,3,8-9,12-13H2,1-2H3;7-11H,4-6H2,1-3H3/t21-,27+,28-;;8-,9+,10+/m1.1/s1. The molecule has 0 spiro atoms. The van der Waals surface area contributed by atoms with Gasteiger partial charge in [0, 0.05) is 19.6 Å². The van der Waals surface area contributed by atoms with Crippen LogP contribution < -0.4 is 4.74 Å². The Kier molecular flexibility index (Phi) is 20.0. The number of piperidine rings is 2. The van der Waals surface area contributed by atoms with Crippen molar-refractivity contribution in [2.45, 2.75) is 145 Å². The van der Waals surface area contributed by atoms with Crippen LogP contribution in [-0.4, -0.2) is 83.6 Å². The number of phenolic OH excluding ortho intramolecular Hbond substituents is 1. The second kappa shape index (κ2) is 25.6. The summed E-state index contributed by atoms with van der Waals surface area (Å²) >= 11 is 0. The van der Waals surface area contributed by atoms with Crippen molar-refractivity contribution in [1.82, 2.24) is 9.80 Å². The van der Waals surface area contributed by atoms with Crippen molar-refractivity contribution >= 4 is 33.5 Å². The summed E-state index contributed by atoms with van der Waals surface area (Å²) in [5.74, 6) is 5.64. The summed E-state index contributed by atoms with van der Waals surface area (Å²) in [6.07, 6.45) is 10.2. The van der Waals surface area contributed by atoms with E-state index in [1.165, 1.54) is 47.6 Å². The molecule has 2 aliphatic carbocycles. The number of fused-ring (bicyclic) bond motifs is 2. The summed E-state index contributed by atoms with van der Waals surface area (Å²) in [6, 6.07) is 25.1. The number of ether oxygens (including phenoxy) is 3. The van der Waals surface area contributed by atoms with Gasteiger partial charge in [0.25, 0.3) is 0 Å². The summed E-state index contributed by atoms with van der Waals surface area (Å²) in [6.45, 7) is 26.0. The number of nitrogens with zero attached hydrogens (tertiary/aromatic N) is 2. The Bertz CT molecular complexity index is 2200. The third kappa shape index (κ3) is 15.2. The monoisotopic (exact) mass is 935 g/mol. The molecule has 9 heteroatoms. The summed E-state index contributed by atoms with van der Waals surface area (Å²) in [5, 5.41) is 24.0. The van der Waals surface area contributed by atoms with Gasteiger partial charge in [0.1, 0.15) is 17.6 Å². The number of hydrogen-bond donors (Lipinski definition) is 2. The van der Waals surface area contributed by atoms with Crippen LogP contribution in [0.3, 0.4) is 0 Å². The smallest absolute Gasteiger partial charge is 0.309 e. The molecule has 0 aromatic heterocycles. The number of aromatic hydroxyl groups is 1. The molecule has 8 rings (SSSR count). The van der Waals surface area contributed by atoms with E-state index in [-0.39, 0.29) is 29.9 Å². The van der Waals surface area contributed by atoms with Gasteiger partial charge in [-0.25, -0.2) is 0 Å². The minimum absolute atomic E-state index is 0.0247. The van der Waals surface area contributed by atoms with Crippen LogP contribution in [0, 0.1) is 53.3 Å². The molecule has 8 atom stereocenters. The van der Waals surface area contributed by atoms with Crippen LogP contribution in [0.5, 0.6) is 11.5 Å². The van der Waals surface area contributed by atoms with Crippen molar-refractivity contribution in [3.63, 3.8) is 0 Å². The van der Waals surface area contributed by atoms with Crippen LogP contribution in [0.2, 0.25) is 0 Å². The fraction of sp³-hybridized carbons (Fsp3) is 0.627. The molecule has 374 valence electrons. The van der Waals surface area contributed by atoms with E-state index >= 15 is 0 Å². The molecule has 4 aromatic carbocycles. The maximum absolute atomic E-state index is 12.0. The number of carbonyl (C=O) groups is 2. The van der Waals surface area contributed by atoms with Crippen LogP contribution in [-0.2, 0) is 32.2 Å². The Labute approximate surface area is 409 Å². The van der Waals surface area contributed by atoms with Gasteiger partial charge < -0.3 is 24.4 Å². The molecule has 0 radical (unpaired) electrons. The molecule has 2 heterocycles. The zero-order valence-electron chi connectivity index (χ0n) is 43.1. The second-order valence-electron chi connectivity index (χ2n) is 21.7. The number of esters is 2. The van der Waals surface area contributed by atoms with Gasteiger partial charge in [-0.3, -0.25) is 19.4 Å². The number of hydrogen-bond acceptors (Lipinski definition) is 9. The van der Waals surface area contributed by atoms with Crippen molar-refractivity contribution in [1.29, 1.82) is 0 Å². The number of aliphatic hydroxyl groups excluding tert-OH is 1. The van der Waals surface area contributed by atoms with Crippen LogP contribution in [0.4, 0.5) is 0 Å². The molecule has 4 aliphatic rings. The summed E-state index contributed by atoms with van der Waals surface area (Å²) < 4.78 is 16.9. The first-order valence-corrected chi connectivity index (χ1v) is 26.5. The number of likely N-dealkylation sites (tertiary alicyclic amines) is 2. The minimum Gasteiger partial charge on any atom is -0.508 e. The molecule has 0 amide bonds. The normalized spacial score (nSPS) is 26.1. The minimum atomic E-state index is -0.0461. The molecular formula is C59H86N2O7. The zero-order chi connectivity index (χ0) is 48.9. The molecule has 2 saturated carbocycles. The molecule has 2 aliphatic heterocycles. The highest BCUT2D eigenvalue weighted by molar-refractivity contribution is 5.85. The van der Waals surface area contributed by atoms with Gasteiger partial charge in [-0.1, -0.05) is 97.7 Å². The van der Waals surface area contributed by atoms with Crippen molar-refractivity contribution < 1.29 is 34.0 Å². The third-order valence-electron chi connectivity index (χ3n) is 15.6. The summed E-state index contributed by atoms with van der Waals surface area (Å²) in [4.78, 5) is 28.8. The number of aliphatic hydroxyl groups is 1.